The van der Waals surface area contributed by atoms with Crippen LogP contribution < -0.4 is 10.6 Å². The van der Waals surface area contributed by atoms with Gasteiger partial charge in [0.25, 0.3) is 5.91 Å². The van der Waals surface area contributed by atoms with Crippen LogP contribution in [-0.2, 0) is 22.5 Å². The summed E-state index contributed by atoms with van der Waals surface area (Å²) in [6.45, 7) is 1.85. The van der Waals surface area contributed by atoms with Crippen LogP contribution in [0.15, 0.2) is 23.4 Å². The van der Waals surface area contributed by atoms with Crippen molar-refractivity contribution >= 4 is 17.3 Å². The Bertz CT molecular complexity index is 633. The second-order valence-electron chi connectivity index (χ2n) is 6.53. The molecule has 5 nitrogen and oxygen atoms in total. The number of nitrogens with one attached hydrogen (secondary N) is 2. The van der Waals surface area contributed by atoms with Gasteiger partial charge in [0.1, 0.15) is 11.3 Å². The molecule has 5 heteroatoms. The topological polar surface area (TPSA) is 62.7 Å². The molecule has 0 bridgehead atoms. The second-order valence-corrected chi connectivity index (χ2v) is 6.53. The highest BCUT2D eigenvalue weighted by atomic mass is 16.7. The summed E-state index contributed by atoms with van der Waals surface area (Å²) in [6, 6.07) is 6.20. The number of fused-ring (bicyclic) bond motifs is 1. The number of rotatable bonds is 2. The maximum atomic E-state index is 12.4. The van der Waals surface area contributed by atoms with Crippen LogP contribution in [0.3, 0.4) is 0 Å². The number of carbonyl (C=O) groups excluding carboxylic acids is 1. The Hall–Kier alpha value is -1.88. The van der Waals surface area contributed by atoms with Crippen molar-refractivity contribution in [2.24, 2.45) is 5.16 Å². The minimum atomic E-state index is -0.254. The first-order valence-corrected chi connectivity index (χ1v) is 8.13. The molecule has 1 aliphatic carbocycles. The maximum Gasteiger partial charge on any atom is 0.273 e. The number of nitrogens with zero attached hydrogens (tertiary/aromatic N) is 1. The fraction of sp³-hybridized carbons (Fsp3) is 0.529. The fourth-order valence-corrected chi connectivity index (χ4v) is 3.65. The van der Waals surface area contributed by atoms with Gasteiger partial charge in [0.05, 0.1) is 0 Å². The largest absolute Gasteiger partial charge is 0.388 e. The van der Waals surface area contributed by atoms with Gasteiger partial charge in [-0.05, 0) is 55.6 Å². The summed E-state index contributed by atoms with van der Waals surface area (Å²) in [5.41, 5.74) is 3.89. The third kappa shape index (κ3) is 2.50. The van der Waals surface area contributed by atoms with Crippen molar-refractivity contribution in [1.82, 2.24) is 5.32 Å². The average molecular weight is 299 g/mol. The lowest BCUT2D eigenvalue weighted by Crippen LogP contribution is -2.42. The highest BCUT2D eigenvalue weighted by Crippen LogP contribution is 2.33. The molecular weight excluding hydrogens is 278 g/mol. The number of anilines is 1. The van der Waals surface area contributed by atoms with Crippen molar-refractivity contribution in [3.8, 4) is 0 Å². The van der Waals surface area contributed by atoms with E-state index >= 15 is 0 Å². The molecule has 0 atom stereocenters. The van der Waals surface area contributed by atoms with E-state index in [1.807, 2.05) is 6.07 Å². The van der Waals surface area contributed by atoms with Crippen LogP contribution in [0.5, 0.6) is 0 Å². The molecule has 1 aromatic rings. The number of carbonyl (C=O) groups is 1. The van der Waals surface area contributed by atoms with E-state index in [0.717, 1.165) is 44.5 Å². The second kappa shape index (κ2) is 5.39. The molecule has 0 aromatic heterocycles. The summed E-state index contributed by atoms with van der Waals surface area (Å²) in [7, 11) is 0. The quantitative estimate of drug-likeness (QED) is 0.878. The average Bonchev–Trinajstić information content (AvgIpc) is 3.15. The van der Waals surface area contributed by atoms with Gasteiger partial charge in [-0.15, -0.1) is 0 Å². The van der Waals surface area contributed by atoms with Crippen molar-refractivity contribution in [2.45, 2.75) is 44.1 Å². The molecule has 116 valence electrons. The molecule has 0 radical (unpaired) electrons. The van der Waals surface area contributed by atoms with Crippen LogP contribution in [-0.4, -0.2) is 30.3 Å². The lowest BCUT2D eigenvalue weighted by molar-refractivity contribution is -0.110. The lowest BCUT2D eigenvalue weighted by Gasteiger charge is -2.30. The third-order valence-corrected chi connectivity index (χ3v) is 4.97. The smallest absolute Gasteiger partial charge is 0.273 e. The van der Waals surface area contributed by atoms with Gasteiger partial charge < -0.3 is 15.5 Å². The minimum absolute atomic E-state index is 0.131. The van der Waals surface area contributed by atoms with Gasteiger partial charge in [-0.2, -0.15) is 0 Å². The third-order valence-electron chi connectivity index (χ3n) is 4.97. The van der Waals surface area contributed by atoms with Gasteiger partial charge in [-0.3, -0.25) is 4.79 Å². The highest BCUT2D eigenvalue weighted by Gasteiger charge is 2.42. The number of aryl methyl sites for hydroxylation is 2. The van der Waals surface area contributed by atoms with Crippen LogP contribution in [0.1, 0.15) is 36.8 Å². The van der Waals surface area contributed by atoms with E-state index in [4.69, 9.17) is 4.84 Å². The van der Waals surface area contributed by atoms with Gasteiger partial charge in [0.15, 0.2) is 0 Å². The fourth-order valence-electron chi connectivity index (χ4n) is 3.65. The minimum Gasteiger partial charge on any atom is -0.388 e. The standard InChI is InChI=1S/C17H21N3O2/c21-16(15-11-17(22-20-15)6-8-18-9-7-17)19-14-5-4-12-2-1-3-13(12)10-14/h4-5,10,18H,1-3,6-9,11H2,(H,19,21). The molecule has 1 saturated heterocycles. The first-order chi connectivity index (χ1) is 10.7. The summed E-state index contributed by atoms with van der Waals surface area (Å²) in [5, 5.41) is 10.3. The first-order valence-electron chi connectivity index (χ1n) is 8.13. The van der Waals surface area contributed by atoms with Gasteiger partial charge in [0, 0.05) is 24.9 Å². The van der Waals surface area contributed by atoms with Crippen molar-refractivity contribution in [1.29, 1.82) is 0 Å². The number of piperidine rings is 1. The summed E-state index contributed by atoms with van der Waals surface area (Å²) in [6.07, 6.45) is 5.91. The zero-order chi connectivity index (χ0) is 15.0. The molecule has 4 rings (SSSR count). The normalized spacial score (nSPS) is 22.1. The van der Waals surface area contributed by atoms with Crippen LogP contribution in [0.2, 0.25) is 0 Å². The maximum absolute atomic E-state index is 12.4. The Morgan fingerprint density at radius 1 is 1.23 bits per heavy atom. The van der Waals surface area contributed by atoms with Crippen molar-refractivity contribution in [3.63, 3.8) is 0 Å². The van der Waals surface area contributed by atoms with E-state index in [-0.39, 0.29) is 11.5 Å². The Labute approximate surface area is 130 Å². The van der Waals surface area contributed by atoms with Crippen molar-refractivity contribution in [2.75, 3.05) is 18.4 Å². The van der Waals surface area contributed by atoms with Crippen LogP contribution in [0, 0.1) is 0 Å². The Balaban J connectivity index is 1.42. The summed E-state index contributed by atoms with van der Waals surface area (Å²) in [4.78, 5) is 18.0. The van der Waals surface area contributed by atoms with E-state index in [1.165, 1.54) is 17.5 Å². The summed E-state index contributed by atoms with van der Waals surface area (Å²) >= 11 is 0. The predicted molar refractivity (Wildman–Crippen MR) is 85.1 cm³/mol. The molecule has 1 fully saturated rings. The Kier molecular flexibility index (Phi) is 3.37. The molecule has 1 amide bonds. The van der Waals surface area contributed by atoms with Crippen LogP contribution in [0.4, 0.5) is 5.69 Å². The van der Waals surface area contributed by atoms with E-state index in [1.54, 1.807) is 0 Å². The zero-order valence-electron chi connectivity index (χ0n) is 12.7. The SMILES string of the molecule is O=C(Nc1ccc2c(c1)CCC2)C1=NOC2(CCNCC2)C1. The van der Waals surface area contributed by atoms with Crippen molar-refractivity contribution < 1.29 is 9.63 Å². The predicted octanol–water partition coefficient (Wildman–Crippen LogP) is 2.01. The number of oxime groups is 1. The van der Waals surface area contributed by atoms with Gasteiger partial charge in [-0.1, -0.05) is 11.2 Å². The first kappa shape index (κ1) is 13.8. The molecule has 2 N–H and O–H groups in total. The molecule has 1 aromatic carbocycles. The Morgan fingerprint density at radius 2 is 2.05 bits per heavy atom. The number of hydrogen-bond donors (Lipinski definition) is 2. The molecule has 0 unspecified atom stereocenters. The monoisotopic (exact) mass is 299 g/mol. The van der Waals surface area contributed by atoms with Gasteiger partial charge >= 0.3 is 0 Å². The van der Waals surface area contributed by atoms with Crippen LogP contribution in [0.25, 0.3) is 0 Å². The van der Waals surface area contributed by atoms with E-state index in [0.29, 0.717) is 12.1 Å². The van der Waals surface area contributed by atoms with Gasteiger partial charge in [-0.25, -0.2) is 0 Å². The van der Waals surface area contributed by atoms with Gasteiger partial charge in [0.2, 0.25) is 0 Å². The lowest BCUT2D eigenvalue weighted by atomic mass is 9.87. The van der Waals surface area contributed by atoms with E-state index in [9.17, 15) is 4.79 Å². The van der Waals surface area contributed by atoms with Crippen LogP contribution >= 0.6 is 0 Å². The molecule has 2 aliphatic heterocycles. The molecule has 22 heavy (non-hydrogen) atoms. The number of hydrogen-bond acceptors (Lipinski definition) is 4. The van der Waals surface area contributed by atoms with E-state index < -0.39 is 0 Å². The van der Waals surface area contributed by atoms with Crippen molar-refractivity contribution in [3.05, 3.63) is 29.3 Å². The Morgan fingerprint density at radius 3 is 2.91 bits per heavy atom. The molecular formula is C17H21N3O2. The molecule has 2 heterocycles. The summed E-state index contributed by atoms with van der Waals surface area (Å²) in [5.74, 6) is -0.131. The summed E-state index contributed by atoms with van der Waals surface area (Å²) < 4.78 is 0. The molecule has 0 saturated carbocycles. The number of amides is 1. The molecule has 1 spiro atoms. The zero-order valence-corrected chi connectivity index (χ0v) is 12.7. The molecule has 3 aliphatic rings. The highest BCUT2D eigenvalue weighted by molar-refractivity contribution is 6.43. The van der Waals surface area contributed by atoms with E-state index in [2.05, 4.69) is 27.9 Å². The number of benzene rings is 1.